The van der Waals surface area contributed by atoms with Gasteiger partial charge in [-0.05, 0) is 19.9 Å². The van der Waals surface area contributed by atoms with Crippen LogP contribution < -0.4 is 5.32 Å². The number of carboxylic acids is 1. The average molecular weight is 397 g/mol. The van der Waals surface area contributed by atoms with Gasteiger partial charge in [-0.1, -0.05) is 26.0 Å². The second-order valence-corrected chi connectivity index (χ2v) is 6.79. The number of hydrogen-bond acceptors (Lipinski definition) is 6. The predicted octanol–water partition coefficient (Wildman–Crippen LogP) is 0.398. The summed E-state index contributed by atoms with van der Waals surface area (Å²) in [5.41, 5.74) is 0. The first-order valence-electron chi connectivity index (χ1n) is 9.60. The number of ether oxygens (including phenoxy) is 1. The van der Waals surface area contributed by atoms with Gasteiger partial charge in [-0.3, -0.25) is 24.1 Å². The first kappa shape index (κ1) is 23.6. The van der Waals surface area contributed by atoms with E-state index < -0.39 is 24.1 Å². The van der Waals surface area contributed by atoms with Crippen LogP contribution >= 0.6 is 0 Å². The molecule has 1 heterocycles. The Bertz CT molecular complexity index is 592. The molecule has 158 valence electrons. The normalized spacial score (nSPS) is 17.4. The van der Waals surface area contributed by atoms with Crippen LogP contribution in [0.5, 0.6) is 0 Å². The van der Waals surface area contributed by atoms with Gasteiger partial charge in [0, 0.05) is 19.6 Å². The quantitative estimate of drug-likeness (QED) is 0.383. The molecule has 0 saturated carbocycles. The van der Waals surface area contributed by atoms with E-state index in [-0.39, 0.29) is 31.2 Å². The highest BCUT2D eigenvalue weighted by atomic mass is 16.5. The van der Waals surface area contributed by atoms with Crippen LogP contribution in [0.15, 0.2) is 12.2 Å². The minimum atomic E-state index is -1.01. The molecule has 2 amide bonds. The van der Waals surface area contributed by atoms with Crippen molar-refractivity contribution in [3.8, 4) is 0 Å². The largest absolute Gasteiger partial charge is 0.481 e. The lowest BCUT2D eigenvalue weighted by atomic mass is 10.1. The molecule has 28 heavy (non-hydrogen) atoms. The molecule has 1 aliphatic rings. The number of carbonyl (C=O) groups is 4. The number of piperazine rings is 1. The van der Waals surface area contributed by atoms with E-state index in [9.17, 15) is 19.2 Å². The van der Waals surface area contributed by atoms with E-state index in [0.29, 0.717) is 25.9 Å². The van der Waals surface area contributed by atoms with Crippen LogP contribution in [0.4, 0.5) is 0 Å². The number of amides is 2. The fourth-order valence-electron chi connectivity index (χ4n) is 2.92. The highest BCUT2D eigenvalue weighted by Crippen LogP contribution is 2.10. The van der Waals surface area contributed by atoms with E-state index >= 15 is 0 Å². The molecule has 1 aliphatic heterocycles. The lowest BCUT2D eigenvalue weighted by Crippen LogP contribution is -2.57. The molecule has 2 N–H and O–H groups in total. The van der Waals surface area contributed by atoms with Gasteiger partial charge in [0.05, 0.1) is 19.4 Å². The van der Waals surface area contributed by atoms with Crippen LogP contribution in [0, 0.1) is 0 Å². The molecule has 0 aromatic rings. The lowest BCUT2D eigenvalue weighted by Gasteiger charge is -2.36. The van der Waals surface area contributed by atoms with Crippen molar-refractivity contribution in [1.29, 1.82) is 0 Å². The van der Waals surface area contributed by atoms with Crippen LogP contribution in [0.3, 0.4) is 0 Å². The highest BCUT2D eigenvalue weighted by Gasteiger charge is 2.31. The standard InChI is InChI=1S/C19H31N3O6/c1-4-14(12-17(24)25)28-18(26)8-6-7-9-20-19(27)15(5-2)22-11-10-21(3)13-16(22)23/h6-7,14-15H,4-5,8-13H2,1-3H3,(H,20,27)(H,24,25)/b7-6+/t14?,15-/m0/s1. The summed E-state index contributed by atoms with van der Waals surface area (Å²) in [5.74, 6) is -1.80. The Morgan fingerprint density at radius 2 is 1.93 bits per heavy atom. The van der Waals surface area contributed by atoms with E-state index in [1.807, 2.05) is 18.9 Å². The number of likely N-dealkylation sites (N-methyl/N-ethyl adjacent to an activating group) is 1. The first-order chi connectivity index (χ1) is 13.3. The van der Waals surface area contributed by atoms with Gasteiger partial charge in [0.15, 0.2) is 0 Å². The summed E-state index contributed by atoms with van der Waals surface area (Å²) in [6.45, 7) is 5.42. The number of rotatable bonds is 11. The summed E-state index contributed by atoms with van der Waals surface area (Å²) in [6.07, 6.45) is 3.31. The predicted molar refractivity (Wildman–Crippen MR) is 102 cm³/mol. The fourth-order valence-corrected chi connectivity index (χ4v) is 2.92. The van der Waals surface area contributed by atoms with Crippen molar-refractivity contribution in [1.82, 2.24) is 15.1 Å². The zero-order valence-corrected chi connectivity index (χ0v) is 16.8. The van der Waals surface area contributed by atoms with Crippen molar-refractivity contribution in [2.75, 3.05) is 33.2 Å². The van der Waals surface area contributed by atoms with Gasteiger partial charge in [0.2, 0.25) is 11.8 Å². The van der Waals surface area contributed by atoms with Gasteiger partial charge in [-0.2, -0.15) is 0 Å². The minimum absolute atomic E-state index is 0.000140. The zero-order chi connectivity index (χ0) is 21.1. The number of esters is 1. The second-order valence-electron chi connectivity index (χ2n) is 6.79. The maximum atomic E-state index is 12.4. The second kappa shape index (κ2) is 12.1. The van der Waals surface area contributed by atoms with Crippen LogP contribution in [0.25, 0.3) is 0 Å². The summed E-state index contributed by atoms with van der Waals surface area (Å²) < 4.78 is 5.09. The lowest BCUT2D eigenvalue weighted by molar-refractivity contribution is -0.152. The average Bonchev–Trinajstić information content (AvgIpc) is 2.62. The van der Waals surface area contributed by atoms with E-state index in [0.717, 1.165) is 6.54 Å². The van der Waals surface area contributed by atoms with Crippen molar-refractivity contribution in [3.63, 3.8) is 0 Å². The Labute approximate surface area is 165 Å². The third kappa shape index (κ3) is 8.08. The Balaban J connectivity index is 2.38. The van der Waals surface area contributed by atoms with Crippen molar-refractivity contribution in [3.05, 3.63) is 12.2 Å². The van der Waals surface area contributed by atoms with Gasteiger partial charge in [-0.25, -0.2) is 0 Å². The van der Waals surface area contributed by atoms with Crippen LogP contribution in [-0.4, -0.2) is 84.0 Å². The fraction of sp³-hybridized carbons (Fsp3) is 0.684. The van der Waals surface area contributed by atoms with Crippen LogP contribution in [0.1, 0.15) is 39.5 Å². The van der Waals surface area contributed by atoms with Crippen molar-refractivity contribution in [2.45, 2.75) is 51.7 Å². The molecule has 1 saturated heterocycles. The summed E-state index contributed by atoms with van der Waals surface area (Å²) in [5, 5.41) is 11.5. The molecule has 0 bridgehead atoms. The molecule has 1 rings (SSSR count). The monoisotopic (exact) mass is 397 g/mol. The molecular weight excluding hydrogens is 366 g/mol. The van der Waals surface area contributed by atoms with Gasteiger partial charge in [-0.15, -0.1) is 0 Å². The maximum Gasteiger partial charge on any atom is 0.309 e. The summed E-state index contributed by atoms with van der Waals surface area (Å²) >= 11 is 0. The van der Waals surface area contributed by atoms with E-state index in [1.165, 1.54) is 0 Å². The third-order valence-corrected chi connectivity index (χ3v) is 4.51. The molecule has 9 nitrogen and oxygen atoms in total. The number of carbonyl (C=O) groups excluding carboxylic acids is 3. The summed E-state index contributed by atoms with van der Waals surface area (Å²) in [6, 6.07) is -0.499. The molecule has 1 unspecified atom stereocenters. The van der Waals surface area contributed by atoms with Crippen molar-refractivity contribution < 1.29 is 29.0 Å². The smallest absolute Gasteiger partial charge is 0.309 e. The maximum absolute atomic E-state index is 12.4. The number of aliphatic carboxylic acids is 1. The Morgan fingerprint density at radius 3 is 2.50 bits per heavy atom. The highest BCUT2D eigenvalue weighted by molar-refractivity contribution is 5.88. The van der Waals surface area contributed by atoms with Gasteiger partial charge in [0.1, 0.15) is 12.1 Å². The Kier molecular flexibility index (Phi) is 10.2. The van der Waals surface area contributed by atoms with Crippen molar-refractivity contribution in [2.24, 2.45) is 0 Å². The summed E-state index contributed by atoms with van der Waals surface area (Å²) in [4.78, 5) is 50.4. The van der Waals surface area contributed by atoms with E-state index in [4.69, 9.17) is 9.84 Å². The molecule has 9 heteroatoms. The van der Waals surface area contributed by atoms with E-state index in [2.05, 4.69) is 5.32 Å². The van der Waals surface area contributed by atoms with Gasteiger partial charge < -0.3 is 20.1 Å². The molecule has 0 spiro atoms. The third-order valence-electron chi connectivity index (χ3n) is 4.51. The first-order valence-corrected chi connectivity index (χ1v) is 9.60. The number of nitrogens with one attached hydrogen (secondary N) is 1. The van der Waals surface area contributed by atoms with Crippen LogP contribution in [0.2, 0.25) is 0 Å². The number of hydrogen-bond donors (Lipinski definition) is 2. The zero-order valence-electron chi connectivity index (χ0n) is 16.8. The Hall–Kier alpha value is -2.42. The molecule has 0 aromatic carbocycles. The SMILES string of the molecule is CCC(CC(=O)O)OC(=O)C/C=C/CNC(=O)[C@H](CC)N1CCN(C)CC1=O. The van der Waals surface area contributed by atoms with Crippen molar-refractivity contribution >= 4 is 23.8 Å². The van der Waals surface area contributed by atoms with Gasteiger partial charge >= 0.3 is 11.9 Å². The molecule has 0 aliphatic carbocycles. The molecule has 1 fully saturated rings. The van der Waals surface area contributed by atoms with E-state index in [1.54, 1.807) is 24.0 Å². The summed E-state index contributed by atoms with van der Waals surface area (Å²) in [7, 11) is 1.87. The molecule has 2 atom stereocenters. The topological polar surface area (TPSA) is 116 Å². The Morgan fingerprint density at radius 1 is 1.21 bits per heavy atom. The minimum Gasteiger partial charge on any atom is -0.481 e. The van der Waals surface area contributed by atoms with Gasteiger partial charge in [0.25, 0.3) is 0 Å². The molecular formula is C19H31N3O6. The number of nitrogens with zero attached hydrogens (tertiary/aromatic N) is 2. The molecule has 0 aromatic heterocycles. The van der Waals surface area contributed by atoms with Crippen LogP contribution in [-0.2, 0) is 23.9 Å². The molecule has 0 radical (unpaired) electrons. The number of carboxylic acid groups (broad SMARTS) is 1.